The number of rotatable bonds is 9. The van der Waals surface area contributed by atoms with Gasteiger partial charge < -0.3 is 10.1 Å². The first-order valence-corrected chi connectivity index (χ1v) is 10.5. The Morgan fingerprint density at radius 3 is 2.61 bits per heavy atom. The number of nitrogens with one attached hydrogen (secondary N) is 1. The summed E-state index contributed by atoms with van der Waals surface area (Å²) in [6.45, 7) is 6.55. The third-order valence-electron chi connectivity index (χ3n) is 5.24. The SMILES string of the molecule is Cc1cccc(OCCCC(=O)NCc2ccccc2CN2CCCCC2)c1. The summed E-state index contributed by atoms with van der Waals surface area (Å²) in [7, 11) is 0. The standard InChI is InChI=1S/C24H32N2O2/c1-20-9-7-12-23(17-20)28-16-8-13-24(27)25-18-21-10-3-4-11-22(21)19-26-14-5-2-6-15-26/h3-4,7,9-12,17H,2,5-6,8,13-16,18-19H2,1H3,(H,25,27). The fraction of sp³-hybridized carbons (Fsp3) is 0.458. The Hall–Kier alpha value is -2.33. The van der Waals surface area contributed by atoms with Crippen LogP contribution in [0.5, 0.6) is 5.75 Å². The van der Waals surface area contributed by atoms with E-state index in [-0.39, 0.29) is 5.91 Å². The van der Waals surface area contributed by atoms with Crippen molar-refractivity contribution < 1.29 is 9.53 Å². The molecule has 1 aliphatic heterocycles. The van der Waals surface area contributed by atoms with Gasteiger partial charge in [0, 0.05) is 19.5 Å². The van der Waals surface area contributed by atoms with Gasteiger partial charge in [0.25, 0.3) is 0 Å². The van der Waals surface area contributed by atoms with E-state index in [1.165, 1.54) is 49.0 Å². The summed E-state index contributed by atoms with van der Waals surface area (Å²) in [6, 6.07) is 16.4. The predicted octanol–water partition coefficient (Wildman–Crippen LogP) is 4.46. The number of likely N-dealkylation sites (tertiary alicyclic amines) is 1. The van der Waals surface area contributed by atoms with Crippen LogP contribution in [0.25, 0.3) is 0 Å². The van der Waals surface area contributed by atoms with Crippen LogP contribution in [0.15, 0.2) is 48.5 Å². The first kappa shape index (κ1) is 20.4. The van der Waals surface area contributed by atoms with Crippen molar-refractivity contribution in [2.75, 3.05) is 19.7 Å². The highest BCUT2D eigenvalue weighted by molar-refractivity contribution is 5.75. The lowest BCUT2D eigenvalue weighted by molar-refractivity contribution is -0.121. The molecule has 2 aromatic carbocycles. The van der Waals surface area contributed by atoms with Crippen LogP contribution in [0.1, 0.15) is 48.8 Å². The highest BCUT2D eigenvalue weighted by Gasteiger charge is 2.12. The lowest BCUT2D eigenvalue weighted by Crippen LogP contribution is -2.30. The summed E-state index contributed by atoms with van der Waals surface area (Å²) in [4.78, 5) is 14.7. The number of benzene rings is 2. The Morgan fingerprint density at radius 2 is 1.82 bits per heavy atom. The molecular formula is C24H32N2O2. The molecule has 0 bridgehead atoms. The molecule has 150 valence electrons. The Kier molecular flexibility index (Phi) is 7.92. The van der Waals surface area contributed by atoms with Crippen LogP contribution >= 0.6 is 0 Å². The number of carbonyl (C=O) groups is 1. The Bertz CT molecular complexity index is 754. The third-order valence-corrected chi connectivity index (χ3v) is 5.24. The van der Waals surface area contributed by atoms with Gasteiger partial charge in [-0.25, -0.2) is 0 Å². The number of hydrogen-bond donors (Lipinski definition) is 1. The molecule has 0 saturated carbocycles. The molecule has 2 aromatic rings. The van der Waals surface area contributed by atoms with Crippen molar-refractivity contribution in [1.82, 2.24) is 10.2 Å². The summed E-state index contributed by atoms with van der Waals surface area (Å²) >= 11 is 0. The van der Waals surface area contributed by atoms with E-state index in [0.717, 1.165) is 18.7 Å². The number of piperidine rings is 1. The first-order valence-electron chi connectivity index (χ1n) is 10.5. The largest absolute Gasteiger partial charge is 0.494 e. The van der Waals surface area contributed by atoms with Gasteiger partial charge in [-0.15, -0.1) is 0 Å². The minimum Gasteiger partial charge on any atom is -0.494 e. The van der Waals surface area contributed by atoms with Gasteiger partial charge in [-0.2, -0.15) is 0 Å². The average Bonchev–Trinajstić information content (AvgIpc) is 2.71. The van der Waals surface area contributed by atoms with Gasteiger partial charge in [-0.05, 0) is 68.1 Å². The van der Waals surface area contributed by atoms with Crippen molar-refractivity contribution in [3.63, 3.8) is 0 Å². The smallest absolute Gasteiger partial charge is 0.220 e. The Balaban J connectivity index is 1.39. The minimum absolute atomic E-state index is 0.0839. The maximum atomic E-state index is 12.2. The molecule has 3 rings (SSSR count). The van der Waals surface area contributed by atoms with Crippen LogP contribution in [-0.4, -0.2) is 30.5 Å². The quantitative estimate of drug-likeness (QED) is 0.653. The average molecular weight is 381 g/mol. The van der Waals surface area contributed by atoms with Crippen molar-refractivity contribution in [3.8, 4) is 5.75 Å². The minimum atomic E-state index is 0.0839. The molecular weight excluding hydrogens is 348 g/mol. The van der Waals surface area contributed by atoms with Crippen LogP contribution in [0.2, 0.25) is 0 Å². The Morgan fingerprint density at radius 1 is 1.04 bits per heavy atom. The highest BCUT2D eigenvalue weighted by atomic mass is 16.5. The molecule has 4 nitrogen and oxygen atoms in total. The predicted molar refractivity (Wildman–Crippen MR) is 113 cm³/mol. The second-order valence-electron chi connectivity index (χ2n) is 7.65. The van der Waals surface area contributed by atoms with E-state index in [0.29, 0.717) is 19.6 Å². The van der Waals surface area contributed by atoms with Gasteiger partial charge in [0.1, 0.15) is 5.75 Å². The van der Waals surface area contributed by atoms with Crippen LogP contribution in [0.3, 0.4) is 0 Å². The van der Waals surface area contributed by atoms with Gasteiger partial charge in [0.15, 0.2) is 0 Å². The lowest BCUT2D eigenvalue weighted by Gasteiger charge is -2.27. The number of nitrogens with zero attached hydrogens (tertiary/aromatic N) is 1. The molecule has 1 heterocycles. The van der Waals surface area contributed by atoms with Gasteiger partial charge in [0.05, 0.1) is 6.61 Å². The fourth-order valence-electron chi connectivity index (χ4n) is 3.65. The summed E-state index contributed by atoms with van der Waals surface area (Å²) in [5.41, 5.74) is 3.73. The van der Waals surface area contributed by atoms with Crippen LogP contribution in [0.4, 0.5) is 0 Å². The summed E-state index contributed by atoms with van der Waals surface area (Å²) < 4.78 is 5.72. The maximum Gasteiger partial charge on any atom is 0.220 e. The molecule has 28 heavy (non-hydrogen) atoms. The number of amides is 1. The van der Waals surface area contributed by atoms with Gasteiger partial charge in [-0.1, -0.05) is 42.8 Å². The van der Waals surface area contributed by atoms with E-state index in [2.05, 4.69) is 34.5 Å². The van der Waals surface area contributed by atoms with Crippen molar-refractivity contribution >= 4 is 5.91 Å². The molecule has 0 spiro atoms. The zero-order valence-electron chi connectivity index (χ0n) is 17.0. The molecule has 0 atom stereocenters. The summed E-state index contributed by atoms with van der Waals surface area (Å²) in [5.74, 6) is 0.952. The Labute approximate surface area is 168 Å². The van der Waals surface area contributed by atoms with Crippen molar-refractivity contribution in [2.45, 2.75) is 52.1 Å². The van der Waals surface area contributed by atoms with Crippen molar-refractivity contribution in [3.05, 3.63) is 65.2 Å². The van der Waals surface area contributed by atoms with E-state index in [9.17, 15) is 4.79 Å². The molecule has 1 N–H and O–H groups in total. The van der Waals surface area contributed by atoms with Crippen LogP contribution in [-0.2, 0) is 17.9 Å². The third kappa shape index (κ3) is 6.68. The number of carbonyl (C=O) groups excluding carboxylic acids is 1. The number of ether oxygens (including phenoxy) is 1. The topological polar surface area (TPSA) is 41.6 Å². The van der Waals surface area contributed by atoms with Crippen LogP contribution < -0.4 is 10.1 Å². The molecule has 1 saturated heterocycles. The van der Waals surface area contributed by atoms with Crippen LogP contribution in [0, 0.1) is 6.92 Å². The monoisotopic (exact) mass is 380 g/mol. The normalized spacial score (nSPS) is 14.6. The molecule has 0 aliphatic carbocycles. The summed E-state index contributed by atoms with van der Waals surface area (Å²) in [6.07, 6.45) is 5.14. The van der Waals surface area contributed by atoms with E-state index < -0.39 is 0 Å². The highest BCUT2D eigenvalue weighted by Crippen LogP contribution is 2.16. The van der Waals surface area contributed by atoms with Gasteiger partial charge in [0.2, 0.25) is 5.91 Å². The van der Waals surface area contributed by atoms with Gasteiger partial charge >= 0.3 is 0 Å². The second-order valence-corrected chi connectivity index (χ2v) is 7.65. The molecule has 1 fully saturated rings. The molecule has 1 amide bonds. The van der Waals surface area contributed by atoms with Crippen molar-refractivity contribution in [2.24, 2.45) is 0 Å². The van der Waals surface area contributed by atoms with Gasteiger partial charge in [-0.3, -0.25) is 9.69 Å². The summed E-state index contributed by atoms with van der Waals surface area (Å²) in [5, 5.41) is 3.07. The fourth-order valence-corrected chi connectivity index (χ4v) is 3.65. The molecule has 4 heteroatoms. The van der Waals surface area contributed by atoms with Crippen molar-refractivity contribution in [1.29, 1.82) is 0 Å². The molecule has 1 aliphatic rings. The molecule has 0 aromatic heterocycles. The zero-order chi connectivity index (χ0) is 19.6. The number of hydrogen-bond acceptors (Lipinski definition) is 3. The maximum absolute atomic E-state index is 12.2. The number of aryl methyl sites for hydroxylation is 1. The van der Waals surface area contributed by atoms with E-state index in [1.807, 2.05) is 31.2 Å². The van der Waals surface area contributed by atoms with E-state index in [1.54, 1.807) is 0 Å². The zero-order valence-corrected chi connectivity index (χ0v) is 17.0. The van der Waals surface area contributed by atoms with E-state index >= 15 is 0 Å². The molecule has 0 radical (unpaired) electrons. The molecule has 0 unspecified atom stereocenters. The first-order chi connectivity index (χ1) is 13.7. The van der Waals surface area contributed by atoms with E-state index in [4.69, 9.17) is 4.74 Å². The second kappa shape index (κ2) is 10.9. The lowest BCUT2D eigenvalue weighted by atomic mass is 10.0.